The van der Waals surface area contributed by atoms with Crippen LogP contribution in [0.25, 0.3) is 17.0 Å². The predicted molar refractivity (Wildman–Crippen MR) is 87.6 cm³/mol. The highest BCUT2D eigenvalue weighted by atomic mass is 16.5. The summed E-state index contributed by atoms with van der Waals surface area (Å²) in [6.45, 7) is 2.86. The molecule has 0 bridgehead atoms. The first kappa shape index (κ1) is 15.0. The number of nitrogens with two attached hydrogens (primary N) is 1. The van der Waals surface area contributed by atoms with Gasteiger partial charge in [0.2, 0.25) is 11.9 Å². The van der Waals surface area contributed by atoms with Crippen molar-refractivity contribution in [1.29, 1.82) is 0 Å². The highest BCUT2D eigenvalue weighted by molar-refractivity contribution is 5.78. The van der Waals surface area contributed by atoms with Crippen molar-refractivity contribution in [3.8, 4) is 5.95 Å². The van der Waals surface area contributed by atoms with Crippen LogP contribution >= 0.6 is 0 Å². The number of rotatable bonds is 2. The van der Waals surface area contributed by atoms with E-state index in [9.17, 15) is 5.11 Å². The fraction of sp³-hybridized carbons (Fsp3) is 0.375. The molecule has 1 atom stereocenters. The molecule has 3 aromatic rings. The van der Waals surface area contributed by atoms with Gasteiger partial charge < -0.3 is 15.6 Å². The van der Waals surface area contributed by atoms with Gasteiger partial charge in [0.15, 0.2) is 0 Å². The van der Waals surface area contributed by atoms with Gasteiger partial charge in [0.25, 0.3) is 0 Å². The minimum Gasteiger partial charge on any atom is -0.383 e. The summed E-state index contributed by atoms with van der Waals surface area (Å²) in [5.74, 6) is 1.29. The minimum atomic E-state index is -0.979. The molecule has 1 saturated heterocycles. The Balaban J connectivity index is 1.88. The average molecular weight is 326 g/mol. The molecule has 0 amide bonds. The second-order valence-corrected chi connectivity index (χ2v) is 6.03. The number of hydrogen-bond acceptors (Lipinski definition) is 7. The van der Waals surface area contributed by atoms with E-state index in [1.54, 1.807) is 0 Å². The first-order valence-electron chi connectivity index (χ1n) is 7.81. The fourth-order valence-electron chi connectivity index (χ4n) is 3.15. The number of benzene rings is 1. The molecular formula is C16H18N6O2. The Kier molecular flexibility index (Phi) is 3.43. The number of nitrogens with zero attached hydrogens (tertiary/aromatic N) is 5. The molecule has 1 unspecified atom stereocenters. The van der Waals surface area contributed by atoms with E-state index in [4.69, 9.17) is 10.5 Å². The molecule has 1 aromatic carbocycles. The van der Waals surface area contributed by atoms with Crippen LogP contribution in [-0.2, 0) is 10.3 Å². The average Bonchev–Trinajstić information content (AvgIpc) is 2.90. The summed E-state index contributed by atoms with van der Waals surface area (Å²) in [5.41, 5.74) is 7.12. The topological polar surface area (TPSA) is 112 Å². The lowest BCUT2D eigenvalue weighted by atomic mass is 9.88. The predicted octanol–water partition coefficient (Wildman–Crippen LogP) is 1.10. The van der Waals surface area contributed by atoms with Crippen LogP contribution in [0.3, 0.4) is 0 Å². The lowest BCUT2D eigenvalue weighted by molar-refractivity contribution is -0.0902. The third kappa shape index (κ3) is 2.40. The zero-order valence-electron chi connectivity index (χ0n) is 13.3. The van der Waals surface area contributed by atoms with E-state index in [1.165, 1.54) is 6.33 Å². The number of aromatic nitrogens is 5. The maximum absolute atomic E-state index is 10.9. The molecule has 24 heavy (non-hydrogen) atoms. The van der Waals surface area contributed by atoms with Crippen molar-refractivity contribution >= 4 is 17.0 Å². The van der Waals surface area contributed by atoms with E-state index < -0.39 is 5.60 Å². The summed E-state index contributed by atoms with van der Waals surface area (Å²) in [6, 6.07) is 5.71. The number of ether oxygens (including phenoxy) is 1. The zero-order valence-corrected chi connectivity index (χ0v) is 13.3. The molecule has 8 nitrogen and oxygen atoms in total. The van der Waals surface area contributed by atoms with Crippen molar-refractivity contribution in [2.75, 3.05) is 18.9 Å². The molecule has 3 heterocycles. The first-order chi connectivity index (χ1) is 11.6. The summed E-state index contributed by atoms with van der Waals surface area (Å²) in [5, 5.41) is 10.9. The van der Waals surface area contributed by atoms with Crippen LogP contribution in [0.2, 0.25) is 0 Å². The maximum atomic E-state index is 10.9. The van der Waals surface area contributed by atoms with E-state index in [0.29, 0.717) is 25.6 Å². The molecule has 8 heteroatoms. The standard InChI is InChI=1S/C16H18N6O2/c1-10-20-12-4-3-11(16(23)5-2-6-24-8-16)7-13(12)22(10)15-19-9-18-14(17)21-15/h3-4,7,9,23H,2,5-6,8H2,1H3,(H2,17,18,19,21). The van der Waals surface area contributed by atoms with E-state index in [1.807, 2.05) is 29.7 Å². The minimum absolute atomic E-state index is 0.150. The number of imidazole rings is 1. The SMILES string of the molecule is Cc1nc2ccc(C3(O)CCCOC3)cc2n1-c1ncnc(N)n1. The molecule has 3 N–H and O–H groups in total. The van der Waals surface area contributed by atoms with Crippen molar-refractivity contribution in [2.24, 2.45) is 0 Å². The Labute approximate surface area is 138 Å². The van der Waals surface area contributed by atoms with Crippen LogP contribution in [0, 0.1) is 6.92 Å². The maximum Gasteiger partial charge on any atom is 0.240 e. The molecule has 0 radical (unpaired) electrons. The summed E-state index contributed by atoms with van der Waals surface area (Å²) in [7, 11) is 0. The molecule has 0 saturated carbocycles. The number of aryl methyl sites for hydroxylation is 1. The van der Waals surface area contributed by atoms with Gasteiger partial charge in [-0.25, -0.2) is 15.0 Å². The highest BCUT2D eigenvalue weighted by Gasteiger charge is 2.32. The molecule has 4 rings (SSSR count). The van der Waals surface area contributed by atoms with E-state index in [0.717, 1.165) is 28.8 Å². The third-order valence-corrected chi connectivity index (χ3v) is 4.36. The summed E-state index contributed by atoms with van der Waals surface area (Å²) in [4.78, 5) is 16.7. The Morgan fingerprint density at radius 2 is 2.17 bits per heavy atom. The van der Waals surface area contributed by atoms with Crippen LogP contribution in [0.1, 0.15) is 24.2 Å². The van der Waals surface area contributed by atoms with Crippen LogP contribution in [0.15, 0.2) is 24.5 Å². The number of nitrogen functional groups attached to an aromatic ring is 1. The fourth-order valence-corrected chi connectivity index (χ4v) is 3.15. The quantitative estimate of drug-likeness (QED) is 0.725. The smallest absolute Gasteiger partial charge is 0.240 e. The zero-order chi connectivity index (χ0) is 16.7. The number of fused-ring (bicyclic) bond motifs is 1. The van der Waals surface area contributed by atoms with Crippen molar-refractivity contribution < 1.29 is 9.84 Å². The number of anilines is 1. The lowest BCUT2D eigenvalue weighted by Crippen LogP contribution is -2.35. The monoisotopic (exact) mass is 326 g/mol. The van der Waals surface area contributed by atoms with Gasteiger partial charge in [0.05, 0.1) is 17.6 Å². The summed E-state index contributed by atoms with van der Waals surface area (Å²) >= 11 is 0. The van der Waals surface area contributed by atoms with Gasteiger partial charge in [0.1, 0.15) is 17.8 Å². The van der Waals surface area contributed by atoms with Gasteiger partial charge in [0, 0.05) is 6.61 Å². The van der Waals surface area contributed by atoms with Gasteiger partial charge in [-0.05, 0) is 37.5 Å². The van der Waals surface area contributed by atoms with Crippen LogP contribution < -0.4 is 5.73 Å². The second kappa shape index (κ2) is 5.50. The molecular weight excluding hydrogens is 308 g/mol. The molecule has 0 aliphatic carbocycles. The normalized spacial score (nSPS) is 21.2. The first-order valence-corrected chi connectivity index (χ1v) is 7.81. The second-order valence-electron chi connectivity index (χ2n) is 6.03. The number of hydrogen-bond donors (Lipinski definition) is 2. The molecule has 0 spiro atoms. The Morgan fingerprint density at radius 3 is 2.92 bits per heavy atom. The Hall–Kier alpha value is -2.58. The van der Waals surface area contributed by atoms with Crippen molar-refractivity contribution in [3.63, 3.8) is 0 Å². The molecule has 2 aromatic heterocycles. The van der Waals surface area contributed by atoms with Gasteiger partial charge in [-0.1, -0.05) is 6.07 Å². The van der Waals surface area contributed by atoms with Crippen LogP contribution in [0.4, 0.5) is 5.95 Å². The van der Waals surface area contributed by atoms with E-state index in [-0.39, 0.29) is 5.95 Å². The molecule has 1 aliphatic rings. The Bertz CT molecular complexity index is 901. The third-order valence-electron chi connectivity index (χ3n) is 4.36. The Morgan fingerprint density at radius 1 is 1.29 bits per heavy atom. The molecule has 1 aliphatic heterocycles. The number of aliphatic hydroxyl groups is 1. The molecule has 124 valence electrons. The molecule has 1 fully saturated rings. The van der Waals surface area contributed by atoms with Crippen molar-refractivity contribution in [2.45, 2.75) is 25.4 Å². The van der Waals surface area contributed by atoms with Gasteiger partial charge in [-0.15, -0.1) is 0 Å². The van der Waals surface area contributed by atoms with Gasteiger partial charge in [-0.2, -0.15) is 4.98 Å². The lowest BCUT2D eigenvalue weighted by Gasteiger charge is -2.32. The van der Waals surface area contributed by atoms with Crippen LogP contribution in [0.5, 0.6) is 0 Å². The van der Waals surface area contributed by atoms with Crippen LogP contribution in [-0.4, -0.2) is 42.8 Å². The largest absolute Gasteiger partial charge is 0.383 e. The summed E-state index contributed by atoms with van der Waals surface area (Å²) < 4.78 is 7.27. The van der Waals surface area contributed by atoms with Crippen molar-refractivity contribution in [1.82, 2.24) is 24.5 Å². The van der Waals surface area contributed by atoms with Crippen molar-refractivity contribution in [3.05, 3.63) is 35.9 Å². The van der Waals surface area contributed by atoms with E-state index >= 15 is 0 Å². The van der Waals surface area contributed by atoms with Gasteiger partial charge in [-0.3, -0.25) is 4.57 Å². The summed E-state index contributed by atoms with van der Waals surface area (Å²) in [6.07, 6.45) is 2.87. The highest BCUT2D eigenvalue weighted by Crippen LogP contribution is 2.32. The van der Waals surface area contributed by atoms with Gasteiger partial charge >= 0.3 is 0 Å². The van der Waals surface area contributed by atoms with E-state index in [2.05, 4.69) is 19.9 Å².